The molecule has 17 heavy (non-hydrogen) atoms. The smallest absolute Gasteiger partial charge is 0.275 e. The van der Waals surface area contributed by atoms with Gasteiger partial charge in [-0.1, -0.05) is 6.07 Å². The number of fused-ring (bicyclic) bond motifs is 1. The maximum atomic E-state index is 11.5. The molecule has 0 bridgehead atoms. The van der Waals surface area contributed by atoms with E-state index >= 15 is 0 Å². The Labute approximate surface area is 95.8 Å². The molecule has 0 amide bonds. The SMILES string of the molecule is O=c1[nH][nH]c(O)c1-c1ccc2c(c1)OCCO2. The van der Waals surface area contributed by atoms with Gasteiger partial charge in [0.25, 0.3) is 5.56 Å². The second-order valence-electron chi connectivity index (χ2n) is 3.66. The van der Waals surface area contributed by atoms with Gasteiger partial charge in [-0.05, 0) is 17.7 Å². The van der Waals surface area contributed by atoms with E-state index in [-0.39, 0.29) is 17.0 Å². The molecule has 2 heterocycles. The van der Waals surface area contributed by atoms with Gasteiger partial charge < -0.3 is 14.6 Å². The summed E-state index contributed by atoms with van der Waals surface area (Å²) < 4.78 is 10.8. The van der Waals surface area contributed by atoms with Crippen LogP contribution in [0.5, 0.6) is 17.4 Å². The molecule has 0 spiro atoms. The Morgan fingerprint density at radius 1 is 1.12 bits per heavy atom. The predicted molar refractivity (Wildman–Crippen MR) is 59.5 cm³/mol. The molecule has 6 nitrogen and oxygen atoms in total. The first-order chi connectivity index (χ1) is 8.25. The van der Waals surface area contributed by atoms with E-state index in [1.54, 1.807) is 18.2 Å². The van der Waals surface area contributed by atoms with Gasteiger partial charge in [0.15, 0.2) is 11.5 Å². The Balaban J connectivity index is 2.13. The number of nitrogens with one attached hydrogen (secondary N) is 2. The van der Waals surface area contributed by atoms with E-state index in [4.69, 9.17) is 9.47 Å². The number of benzene rings is 1. The van der Waals surface area contributed by atoms with Gasteiger partial charge in [0.2, 0.25) is 5.88 Å². The van der Waals surface area contributed by atoms with Gasteiger partial charge in [0.1, 0.15) is 18.8 Å². The van der Waals surface area contributed by atoms with Gasteiger partial charge in [0.05, 0.1) is 0 Å². The van der Waals surface area contributed by atoms with Gasteiger partial charge in [-0.2, -0.15) is 0 Å². The van der Waals surface area contributed by atoms with Crippen molar-refractivity contribution in [2.24, 2.45) is 0 Å². The van der Waals surface area contributed by atoms with Gasteiger partial charge in [-0.15, -0.1) is 0 Å². The van der Waals surface area contributed by atoms with Crippen molar-refractivity contribution >= 4 is 0 Å². The lowest BCUT2D eigenvalue weighted by Gasteiger charge is -2.18. The van der Waals surface area contributed by atoms with E-state index in [1.807, 2.05) is 0 Å². The average Bonchev–Trinajstić information content (AvgIpc) is 2.68. The number of H-pyrrole nitrogens is 2. The van der Waals surface area contributed by atoms with Gasteiger partial charge in [-0.3, -0.25) is 15.0 Å². The third kappa shape index (κ3) is 1.54. The van der Waals surface area contributed by atoms with Crippen LogP contribution in [-0.2, 0) is 0 Å². The van der Waals surface area contributed by atoms with Crippen molar-refractivity contribution in [1.82, 2.24) is 10.2 Å². The molecule has 3 rings (SSSR count). The highest BCUT2D eigenvalue weighted by molar-refractivity contribution is 5.70. The monoisotopic (exact) mass is 234 g/mol. The number of aromatic amines is 2. The molecule has 1 aromatic heterocycles. The Morgan fingerprint density at radius 2 is 1.88 bits per heavy atom. The quantitative estimate of drug-likeness (QED) is 0.682. The molecule has 0 radical (unpaired) electrons. The summed E-state index contributed by atoms with van der Waals surface area (Å²) in [6, 6.07) is 5.09. The number of rotatable bonds is 1. The molecule has 1 aromatic carbocycles. The van der Waals surface area contributed by atoms with E-state index in [1.165, 1.54) is 0 Å². The van der Waals surface area contributed by atoms with Crippen LogP contribution in [0.2, 0.25) is 0 Å². The fourth-order valence-corrected chi connectivity index (χ4v) is 1.82. The molecule has 2 aromatic rings. The number of aromatic hydroxyl groups is 1. The molecular formula is C11H10N2O4. The first-order valence-corrected chi connectivity index (χ1v) is 5.15. The Morgan fingerprint density at radius 3 is 2.59 bits per heavy atom. The molecule has 3 N–H and O–H groups in total. The van der Waals surface area contributed by atoms with Crippen molar-refractivity contribution in [1.29, 1.82) is 0 Å². The molecule has 1 aliphatic heterocycles. The van der Waals surface area contributed by atoms with E-state index in [0.717, 1.165) is 0 Å². The summed E-state index contributed by atoms with van der Waals surface area (Å²) in [7, 11) is 0. The summed E-state index contributed by atoms with van der Waals surface area (Å²) in [6.07, 6.45) is 0. The topological polar surface area (TPSA) is 87.3 Å². The lowest BCUT2D eigenvalue weighted by atomic mass is 10.1. The number of hydrogen-bond donors (Lipinski definition) is 3. The van der Waals surface area contributed by atoms with Crippen molar-refractivity contribution in [3.8, 4) is 28.5 Å². The molecule has 1 aliphatic rings. The highest BCUT2D eigenvalue weighted by atomic mass is 16.6. The van der Waals surface area contributed by atoms with Crippen LogP contribution < -0.4 is 15.0 Å². The average molecular weight is 234 g/mol. The summed E-state index contributed by atoms with van der Waals surface area (Å²) in [5, 5.41) is 14.2. The maximum absolute atomic E-state index is 11.5. The van der Waals surface area contributed by atoms with E-state index < -0.39 is 0 Å². The van der Waals surface area contributed by atoms with E-state index in [9.17, 15) is 9.90 Å². The van der Waals surface area contributed by atoms with Crippen LogP contribution in [0.25, 0.3) is 11.1 Å². The molecular weight excluding hydrogens is 224 g/mol. The Bertz CT molecular complexity index is 614. The normalized spacial score (nSPS) is 13.6. The van der Waals surface area contributed by atoms with Crippen LogP contribution in [-0.4, -0.2) is 28.5 Å². The van der Waals surface area contributed by atoms with Crippen LogP contribution in [0.3, 0.4) is 0 Å². The minimum Gasteiger partial charge on any atom is -0.493 e. The summed E-state index contributed by atoms with van der Waals surface area (Å²) in [6.45, 7) is 0.994. The summed E-state index contributed by atoms with van der Waals surface area (Å²) >= 11 is 0. The lowest BCUT2D eigenvalue weighted by molar-refractivity contribution is 0.171. The van der Waals surface area contributed by atoms with Crippen molar-refractivity contribution < 1.29 is 14.6 Å². The van der Waals surface area contributed by atoms with Gasteiger partial charge in [-0.25, -0.2) is 0 Å². The first kappa shape index (κ1) is 9.83. The van der Waals surface area contributed by atoms with Crippen LogP contribution in [0, 0.1) is 0 Å². The molecule has 6 heteroatoms. The molecule has 0 atom stereocenters. The number of hydrogen-bond acceptors (Lipinski definition) is 4. The second kappa shape index (κ2) is 3.58. The minimum atomic E-state index is -0.376. The largest absolute Gasteiger partial charge is 0.493 e. The Kier molecular flexibility index (Phi) is 2.07. The minimum absolute atomic E-state index is 0.188. The number of aromatic nitrogens is 2. The maximum Gasteiger partial charge on any atom is 0.275 e. The van der Waals surface area contributed by atoms with Crippen LogP contribution >= 0.6 is 0 Å². The Hall–Kier alpha value is -2.37. The first-order valence-electron chi connectivity index (χ1n) is 5.15. The van der Waals surface area contributed by atoms with Crippen LogP contribution in [0.1, 0.15) is 0 Å². The molecule has 88 valence electrons. The molecule has 0 unspecified atom stereocenters. The molecule has 0 saturated heterocycles. The standard InChI is InChI=1S/C11H10N2O4/c14-10-9(11(15)13-12-10)6-1-2-7-8(5-6)17-4-3-16-7/h1-2,5H,3-4H2,(H3,12,13,14,15). The third-order valence-corrected chi connectivity index (χ3v) is 2.59. The van der Waals surface area contributed by atoms with E-state index in [2.05, 4.69) is 10.2 Å². The van der Waals surface area contributed by atoms with Crippen molar-refractivity contribution in [3.05, 3.63) is 28.6 Å². The molecule has 0 saturated carbocycles. The van der Waals surface area contributed by atoms with Crippen molar-refractivity contribution in [2.75, 3.05) is 13.2 Å². The summed E-state index contributed by atoms with van der Waals surface area (Å²) in [5.74, 6) is 1.03. The summed E-state index contributed by atoms with van der Waals surface area (Å²) in [4.78, 5) is 11.5. The van der Waals surface area contributed by atoms with Gasteiger partial charge >= 0.3 is 0 Å². The predicted octanol–water partition coefficient (Wildman–Crippen LogP) is 0.847. The third-order valence-electron chi connectivity index (χ3n) is 2.59. The number of ether oxygens (including phenoxy) is 2. The highest BCUT2D eigenvalue weighted by Gasteiger charge is 2.16. The zero-order valence-electron chi connectivity index (χ0n) is 8.82. The van der Waals surface area contributed by atoms with Crippen LogP contribution in [0.15, 0.2) is 23.0 Å². The van der Waals surface area contributed by atoms with Crippen LogP contribution in [0.4, 0.5) is 0 Å². The van der Waals surface area contributed by atoms with E-state index in [0.29, 0.717) is 30.3 Å². The zero-order chi connectivity index (χ0) is 11.8. The van der Waals surface area contributed by atoms with Gasteiger partial charge in [0, 0.05) is 0 Å². The zero-order valence-corrected chi connectivity index (χ0v) is 8.82. The second-order valence-corrected chi connectivity index (χ2v) is 3.66. The van der Waals surface area contributed by atoms with Crippen molar-refractivity contribution in [3.63, 3.8) is 0 Å². The fraction of sp³-hybridized carbons (Fsp3) is 0.182. The highest BCUT2D eigenvalue weighted by Crippen LogP contribution is 2.35. The molecule has 0 aliphatic carbocycles. The summed E-state index contributed by atoms with van der Waals surface area (Å²) in [5.41, 5.74) is 0.399. The molecule has 0 fully saturated rings. The lowest BCUT2D eigenvalue weighted by Crippen LogP contribution is -2.15. The van der Waals surface area contributed by atoms with Crippen molar-refractivity contribution in [2.45, 2.75) is 0 Å². The fourth-order valence-electron chi connectivity index (χ4n) is 1.82.